The Hall–Kier alpha value is -3.33. The average Bonchev–Trinajstić information content (AvgIpc) is 3.03. The van der Waals surface area contributed by atoms with Crippen LogP contribution >= 0.6 is 11.3 Å². The molecule has 1 N–H and O–H groups in total. The fourth-order valence-electron chi connectivity index (χ4n) is 2.18. The molecule has 0 aliphatic heterocycles. The number of anilines is 1. The first kappa shape index (κ1) is 17.5. The maximum atomic E-state index is 13.2. The van der Waals surface area contributed by atoms with E-state index in [2.05, 4.69) is 5.32 Å². The number of halogens is 1. The second-order valence-electron chi connectivity index (χ2n) is 5.22. The maximum Gasteiger partial charge on any atom is 0.348 e. The van der Waals surface area contributed by atoms with Crippen LogP contribution in [0.15, 0.2) is 48.5 Å². The number of benzene rings is 2. The molecule has 0 aliphatic carbocycles. The van der Waals surface area contributed by atoms with Crippen LogP contribution in [0, 0.1) is 15.9 Å². The van der Waals surface area contributed by atoms with Crippen LogP contribution in [0.2, 0.25) is 0 Å². The molecular weight excluding hydrogens is 363 g/mol. The quantitative estimate of drug-likeness (QED) is 0.417. The van der Waals surface area contributed by atoms with Gasteiger partial charge in [-0.2, -0.15) is 0 Å². The Bertz CT molecular complexity index is 1000. The number of carbonyl (C=O) groups is 2. The van der Waals surface area contributed by atoms with E-state index in [4.69, 9.17) is 4.74 Å². The molecule has 3 rings (SSSR count). The molecule has 7 nitrogen and oxygen atoms in total. The highest BCUT2D eigenvalue weighted by molar-refractivity contribution is 7.20. The number of ether oxygens (including phenoxy) is 1. The highest BCUT2D eigenvalue weighted by atomic mass is 32.1. The van der Waals surface area contributed by atoms with Crippen molar-refractivity contribution in [2.45, 2.75) is 0 Å². The molecule has 0 saturated carbocycles. The van der Waals surface area contributed by atoms with Crippen molar-refractivity contribution in [3.05, 3.63) is 69.3 Å². The maximum absolute atomic E-state index is 13.2. The summed E-state index contributed by atoms with van der Waals surface area (Å²) in [6.45, 7) is -0.515. The van der Waals surface area contributed by atoms with Gasteiger partial charge in [0.05, 0.1) is 4.92 Å². The topological polar surface area (TPSA) is 98.5 Å². The molecule has 1 aromatic heterocycles. The predicted octanol–water partition coefficient (Wildman–Crippen LogP) is 3.74. The molecule has 132 valence electrons. The molecule has 2 aromatic carbocycles. The molecule has 0 unspecified atom stereocenters. The van der Waals surface area contributed by atoms with Gasteiger partial charge in [-0.3, -0.25) is 14.9 Å². The molecule has 1 heterocycles. The number of amides is 1. The predicted molar refractivity (Wildman–Crippen MR) is 93.8 cm³/mol. The summed E-state index contributed by atoms with van der Waals surface area (Å²) in [5.41, 5.74) is 0.240. The van der Waals surface area contributed by atoms with Gasteiger partial charge >= 0.3 is 5.97 Å². The highest BCUT2D eigenvalue weighted by Gasteiger charge is 2.14. The third-order valence-corrected chi connectivity index (χ3v) is 4.47. The van der Waals surface area contributed by atoms with Gasteiger partial charge < -0.3 is 10.1 Å². The number of non-ortho nitro benzene ring substituents is 1. The fourth-order valence-corrected chi connectivity index (χ4v) is 3.12. The Morgan fingerprint density at radius 2 is 1.88 bits per heavy atom. The minimum Gasteiger partial charge on any atom is -0.451 e. The zero-order valence-electron chi connectivity index (χ0n) is 13.1. The van der Waals surface area contributed by atoms with E-state index >= 15 is 0 Å². The van der Waals surface area contributed by atoms with E-state index in [-0.39, 0.29) is 10.6 Å². The van der Waals surface area contributed by atoms with Crippen molar-refractivity contribution in [3.8, 4) is 0 Å². The molecule has 3 aromatic rings. The first-order valence-corrected chi connectivity index (χ1v) is 8.14. The molecule has 0 atom stereocenters. The zero-order valence-corrected chi connectivity index (χ0v) is 13.9. The number of nitro groups is 1. The summed E-state index contributed by atoms with van der Waals surface area (Å²) in [6.07, 6.45) is 0. The van der Waals surface area contributed by atoms with Gasteiger partial charge in [0, 0.05) is 22.5 Å². The van der Waals surface area contributed by atoms with Crippen molar-refractivity contribution in [1.29, 1.82) is 0 Å². The smallest absolute Gasteiger partial charge is 0.348 e. The Morgan fingerprint density at radius 3 is 2.58 bits per heavy atom. The Kier molecular flexibility index (Phi) is 4.90. The number of hydrogen-bond donors (Lipinski definition) is 1. The van der Waals surface area contributed by atoms with Gasteiger partial charge in [-0.15, -0.1) is 11.3 Å². The molecule has 0 radical (unpaired) electrons. The Morgan fingerprint density at radius 1 is 1.15 bits per heavy atom. The Balaban J connectivity index is 1.57. The number of thiophene rings is 1. The van der Waals surface area contributed by atoms with E-state index in [1.807, 2.05) is 0 Å². The van der Waals surface area contributed by atoms with Crippen molar-refractivity contribution >= 4 is 44.7 Å². The number of nitrogens with one attached hydrogen (secondary N) is 1. The lowest BCUT2D eigenvalue weighted by molar-refractivity contribution is -0.384. The molecular formula is C17H11FN2O5S. The number of fused-ring (bicyclic) bond motifs is 1. The molecule has 0 bridgehead atoms. The Labute approximate surface area is 150 Å². The monoisotopic (exact) mass is 374 g/mol. The summed E-state index contributed by atoms with van der Waals surface area (Å²) < 4.78 is 18.8. The number of nitro benzene ring substituents is 1. The molecule has 1 amide bonds. The van der Waals surface area contributed by atoms with Gasteiger partial charge in [0.25, 0.3) is 11.6 Å². The van der Waals surface area contributed by atoms with Crippen LogP contribution in [0.25, 0.3) is 10.1 Å². The standard InChI is InChI=1S/C17H11FN2O5S/c18-11-1-6-14-10(7-11)8-15(26-14)17(22)25-9-16(21)19-12-2-4-13(5-3-12)20(23)24/h1-8H,9H2,(H,19,21). The van der Waals surface area contributed by atoms with Gasteiger partial charge in [0.15, 0.2) is 6.61 Å². The normalized spacial score (nSPS) is 10.5. The van der Waals surface area contributed by atoms with Crippen molar-refractivity contribution in [1.82, 2.24) is 0 Å². The summed E-state index contributed by atoms with van der Waals surface area (Å²) >= 11 is 1.14. The molecule has 0 fully saturated rings. The zero-order chi connectivity index (χ0) is 18.7. The summed E-state index contributed by atoms with van der Waals surface area (Å²) in [7, 11) is 0. The van der Waals surface area contributed by atoms with E-state index in [0.29, 0.717) is 11.1 Å². The second kappa shape index (κ2) is 7.28. The van der Waals surface area contributed by atoms with Crippen molar-refractivity contribution in [2.75, 3.05) is 11.9 Å². The van der Waals surface area contributed by atoms with Crippen LogP contribution in [-0.4, -0.2) is 23.4 Å². The first-order valence-electron chi connectivity index (χ1n) is 7.33. The van der Waals surface area contributed by atoms with E-state index < -0.39 is 29.2 Å². The molecule has 0 saturated heterocycles. The van der Waals surface area contributed by atoms with E-state index in [0.717, 1.165) is 16.0 Å². The third kappa shape index (κ3) is 4.01. The number of rotatable bonds is 5. The van der Waals surface area contributed by atoms with Crippen molar-refractivity contribution in [3.63, 3.8) is 0 Å². The fraction of sp³-hybridized carbons (Fsp3) is 0.0588. The van der Waals surface area contributed by atoms with Gasteiger partial charge in [0.2, 0.25) is 0 Å². The van der Waals surface area contributed by atoms with Gasteiger partial charge in [-0.05, 0) is 41.8 Å². The van der Waals surface area contributed by atoms with Gasteiger partial charge in [0.1, 0.15) is 10.7 Å². The second-order valence-corrected chi connectivity index (χ2v) is 6.30. The minimum atomic E-state index is -0.689. The SMILES string of the molecule is O=C(COC(=O)c1cc2cc(F)ccc2s1)Nc1ccc([N+](=O)[O-])cc1. The number of nitrogens with zero attached hydrogens (tertiary/aromatic N) is 1. The van der Waals surface area contributed by atoms with E-state index in [9.17, 15) is 24.1 Å². The van der Waals surface area contributed by atoms with Crippen LogP contribution in [0.3, 0.4) is 0 Å². The van der Waals surface area contributed by atoms with E-state index in [1.54, 1.807) is 6.07 Å². The first-order chi connectivity index (χ1) is 12.4. The summed E-state index contributed by atoms with van der Waals surface area (Å²) in [5, 5.41) is 13.6. The third-order valence-electron chi connectivity index (χ3n) is 3.38. The highest BCUT2D eigenvalue weighted by Crippen LogP contribution is 2.26. The van der Waals surface area contributed by atoms with E-state index in [1.165, 1.54) is 42.5 Å². The summed E-state index contributed by atoms with van der Waals surface area (Å²) in [6, 6.07) is 10.9. The summed E-state index contributed by atoms with van der Waals surface area (Å²) in [5.74, 6) is -1.68. The van der Waals surface area contributed by atoms with Crippen molar-refractivity contribution in [2.24, 2.45) is 0 Å². The molecule has 9 heteroatoms. The van der Waals surface area contributed by atoms with Crippen LogP contribution in [0.4, 0.5) is 15.8 Å². The average molecular weight is 374 g/mol. The lowest BCUT2D eigenvalue weighted by atomic mass is 10.2. The van der Waals surface area contributed by atoms with Crippen LogP contribution in [0.5, 0.6) is 0 Å². The lowest BCUT2D eigenvalue weighted by Gasteiger charge is -2.05. The largest absolute Gasteiger partial charge is 0.451 e. The van der Waals surface area contributed by atoms with Crippen LogP contribution in [-0.2, 0) is 9.53 Å². The van der Waals surface area contributed by atoms with Crippen LogP contribution < -0.4 is 5.32 Å². The van der Waals surface area contributed by atoms with Gasteiger partial charge in [-0.25, -0.2) is 9.18 Å². The lowest BCUT2D eigenvalue weighted by Crippen LogP contribution is -2.20. The van der Waals surface area contributed by atoms with Crippen LogP contribution in [0.1, 0.15) is 9.67 Å². The molecule has 0 spiro atoms. The number of carbonyl (C=O) groups excluding carboxylic acids is 2. The molecule has 0 aliphatic rings. The van der Waals surface area contributed by atoms with Gasteiger partial charge in [-0.1, -0.05) is 0 Å². The summed E-state index contributed by atoms with van der Waals surface area (Å²) in [4.78, 5) is 34.1. The van der Waals surface area contributed by atoms with Crippen molar-refractivity contribution < 1.29 is 23.6 Å². The number of esters is 1. The number of hydrogen-bond acceptors (Lipinski definition) is 6. The molecule has 26 heavy (non-hydrogen) atoms. The minimum absolute atomic E-state index is 0.101.